The number of amides is 1. The van der Waals surface area contributed by atoms with Gasteiger partial charge in [-0.2, -0.15) is 0 Å². The molecule has 2 aliphatic heterocycles. The molecule has 0 aromatic heterocycles. The Morgan fingerprint density at radius 1 is 1.19 bits per heavy atom. The summed E-state index contributed by atoms with van der Waals surface area (Å²) in [7, 11) is 1.77. The summed E-state index contributed by atoms with van der Waals surface area (Å²) >= 11 is 0. The molecule has 0 saturated carbocycles. The highest BCUT2D eigenvalue weighted by Crippen LogP contribution is 2.23. The molecule has 0 spiro atoms. The van der Waals surface area contributed by atoms with E-state index in [2.05, 4.69) is 16.7 Å². The highest BCUT2D eigenvalue weighted by Gasteiger charge is 2.34. The van der Waals surface area contributed by atoms with Crippen molar-refractivity contribution in [1.29, 1.82) is 0 Å². The lowest BCUT2D eigenvalue weighted by molar-refractivity contribution is -0.128. The van der Waals surface area contributed by atoms with Gasteiger partial charge in [-0.15, -0.1) is 0 Å². The van der Waals surface area contributed by atoms with Crippen LogP contribution in [0.15, 0.2) is 0 Å². The first-order valence-corrected chi connectivity index (χ1v) is 8.32. The Bertz CT molecular complexity index is 337. The Hall–Kier alpha value is -0.650. The average Bonchev–Trinajstić information content (AvgIpc) is 2.67. The van der Waals surface area contributed by atoms with Crippen molar-refractivity contribution in [3.05, 3.63) is 0 Å². The van der Waals surface area contributed by atoms with Crippen LogP contribution in [0.3, 0.4) is 0 Å². The Morgan fingerprint density at radius 2 is 2.00 bits per heavy atom. The zero-order chi connectivity index (χ0) is 15.2. The molecular formula is C16H31N3O2. The molecule has 0 radical (unpaired) electrons. The molecule has 1 amide bonds. The smallest absolute Gasteiger partial charge is 0.219 e. The third-order valence-electron chi connectivity index (χ3n) is 4.92. The van der Waals surface area contributed by atoms with Gasteiger partial charge in [0.15, 0.2) is 0 Å². The predicted octanol–water partition coefficient (Wildman–Crippen LogP) is 0.897. The molecule has 5 heteroatoms. The number of hydrogen-bond acceptors (Lipinski definition) is 4. The Morgan fingerprint density at radius 3 is 2.71 bits per heavy atom. The van der Waals surface area contributed by atoms with Crippen LogP contribution in [0.2, 0.25) is 0 Å². The van der Waals surface area contributed by atoms with Gasteiger partial charge in [0.05, 0.1) is 0 Å². The second-order valence-corrected chi connectivity index (χ2v) is 6.55. The monoisotopic (exact) mass is 297 g/mol. The molecular weight excluding hydrogens is 266 g/mol. The number of ether oxygens (including phenoxy) is 1. The van der Waals surface area contributed by atoms with Crippen molar-refractivity contribution in [2.75, 3.05) is 59.5 Å². The van der Waals surface area contributed by atoms with Gasteiger partial charge in [0.1, 0.15) is 0 Å². The zero-order valence-electron chi connectivity index (χ0n) is 13.9. The number of rotatable bonds is 5. The standard InChI is InChI=1S/C16H31N3O2/c1-14-12-17(6-5-11-21-3)13-16(14)19-8-4-7-18(9-10-19)15(2)20/h14,16H,4-13H2,1-3H3/t14-,16-/m0/s1. The van der Waals surface area contributed by atoms with Crippen molar-refractivity contribution < 1.29 is 9.53 Å². The molecule has 0 aliphatic carbocycles. The van der Waals surface area contributed by atoms with Crippen LogP contribution in [0.1, 0.15) is 26.7 Å². The largest absolute Gasteiger partial charge is 0.385 e. The molecule has 0 aromatic rings. The Kier molecular flexibility index (Phi) is 6.45. The van der Waals surface area contributed by atoms with Gasteiger partial charge in [0, 0.05) is 72.5 Å². The average molecular weight is 297 g/mol. The van der Waals surface area contributed by atoms with E-state index in [0.717, 1.165) is 58.1 Å². The normalized spacial score (nSPS) is 28.8. The van der Waals surface area contributed by atoms with Crippen LogP contribution in [-0.4, -0.2) is 86.2 Å². The fourth-order valence-corrected chi connectivity index (χ4v) is 3.72. The lowest BCUT2D eigenvalue weighted by Gasteiger charge is -2.30. The summed E-state index contributed by atoms with van der Waals surface area (Å²) in [6, 6.07) is 0.652. The van der Waals surface area contributed by atoms with Gasteiger partial charge in [-0.05, 0) is 18.8 Å². The molecule has 2 heterocycles. The fourth-order valence-electron chi connectivity index (χ4n) is 3.72. The number of methoxy groups -OCH3 is 1. The highest BCUT2D eigenvalue weighted by molar-refractivity contribution is 5.73. The summed E-state index contributed by atoms with van der Waals surface area (Å²) in [5, 5.41) is 0. The minimum absolute atomic E-state index is 0.220. The zero-order valence-corrected chi connectivity index (χ0v) is 13.9. The maximum Gasteiger partial charge on any atom is 0.219 e. The number of carbonyl (C=O) groups is 1. The fraction of sp³-hybridized carbons (Fsp3) is 0.938. The summed E-state index contributed by atoms with van der Waals surface area (Å²) < 4.78 is 5.15. The van der Waals surface area contributed by atoms with E-state index in [1.807, 2.05) is 4.90 Å². The lowest BCUT2D eigenvalue weighted by atomic mass is 10.0. The van der Waals surface area contributed by atoms with Gasteiger partial charge in [0.2, 0.25) is 5.91 Å². The van der Waals surface area contributed by atoms with Crippen LogP contribution < -0.4 is 0 Å². The van der Waals surface area contributed by atoms with E-state index in [1.54, 1.807) is 14.0 Å². The quantitative estimate of drug-likeness (QED) is 0.706. The number of nitrogens with zero attached hydrogens (tertiary/aromatic N) is 3. The number of likely N-dealkylation sites (tertiary alicyclic amines) is 1. The first-order chi connectivity index (χ1) is 10.1. The second-order valence-electron chi connectivity index (χ2n) is 6.55. The van der Waals surface area contributed by atoms with Crippen LogP contribution in [0, 0.1) is 5.92 Å². The van der Waals surface area contributed by atoms with Gasteiger partial charge in [-0.3, -0.25) is 9.69 Å². The summed E-state index contributed by atoms with van der Waals surface area (Å²) in [5.41, 5.74) is 0. The third-order valence-corrected chi connectivity index (χ3v) is 4.92. The van der Waals surface area contributed by atoms with E-state index in [0.29, 0.717) is 6.04 Å². The molecule has 0 unspecified atom stereocenters. The van der Waals surface area contributed by atoms with Crippen LogP contribution in [0.5, 0.6) is 0 Å². The first kappa shape index (κ1) is 16.7. The lowest BCUT2D eigenvalue weighted by Crippen LogP contribution is -2.43. The van der Waals surface area contributed by atoms with E-state index >= 15 is 0 Å². The van der Waals surface area contributed by atoms with Crippen molar-refractivity contribution in [3.8, 4) is 0 Å². The van der Waals surface area contributed by atoms with Gasteiger partial charge in [-0.25, -0.2) is 0 Å². The number of carbonyl (C=O) groups excluding carboxylic acids is 1. The molecule has 0 bridgehead atoms. The third kappa shape index (κ3) is 4.66. The predicted molar refractivity (Wildman–Crippen MR) is 84.3 cm³/mol. The number of hydrogen-bond donors (Lipinski definition) is 0. The van der Waals surface area contributed by atoms with Crippen molar-refractivity contribution in [2.24, 2.45) is 5.92 Å². The van der Waals surface area contributed by atoms with E-state index < -0.39 is 0 Å². The summed E-state index contributed by atoms with van der Waals surface area (Å²) in [4.78, 5) is 18.7. The van der Waals surface area contributed by atoms with E-state index in [1.165, 1.54) is 13.1 Å². The van der Waals surface area contributed by atoms with Crippen LogP contribution in [0.4, 0.5) is 0 Å². The topological polar surface area (TPSA) is 36.0 Å². The van der Waals surface area contributed by atoms with Crippen molar-refractivity contribution in [3.63, 3.8) is 0 Å². The molecule has 5 nitrogen and oxygen atoms in total. The Labute approximate surface area is 129 Å². The molecule has 21 heavy (non-hydrogen) atoms. The SMILES string of the molecule is COCCCN1C[C@H](C)[C@@H](N2CCCN(C(C)=O)CC2)C1. The van der Waals surface area contributed by atoms with Crippen LogP contribution in [0.25, 0.3) is 0 Å². The van der Waals surface area contributed by atoms with E-state index in [9.17, 15) is 4.79 Å². The van der Waals surface area contributed by atoms with Crippen molar-refractivity contribution in [1.82, 2.24) is 14.7 Å². The second kappa shape index (κ2) is 8.11. The van der Waals surface area contributed by atoms with Crippen molar-refractivity contribution >= 4 is 5.91 Å². The van der Waals surface area contributed by atoms with Gasteiger partial charge < -0.3 is 14.5 Å². The maximum absolute atomic E-state index is 11.5. The first-order valence-electron chi connectivity index (χ1n) is 8.32. The minimum Gasteiger partial charge on any atom is -0.385 e. The molecule has 0 N–H and O–H groups in total. The minimum atomic E-state index is 0.220. The van der Waals surface area contributed by atoms with Crippen LogP contribution in [-0.2, 0) is 9.53 Å². The molecule has 122 valence electrons. The van der Waals surface area contributed by atoms with E-state index in [4.69, 9.17) is 4.74 Å². The molecule has 2 rings (SSSR count). The van der Waals surface area contributed by atoms with Gasteiger partial charge in [0.25, 0.3) is 0 Å². The molecule has 2 aliphatic rings. The summed E-state index contributed by atoms with van der Waals surface area (Å²) in [6.07, 6.45) is 2.22. The van der Waals surface area contributed by atoms with Gasteiger partial charge in [-0.1, -0.05) is 6.92 Å². The molecule has 2 atom stereocenters. The summed E-state index contributed by atoms with van der Waals surface area (Å²) in [5.74, 6) is 0.939. The molecule has 2 saturated heterocycles. The Balaban J connectivity index is 1.82. The van der Waals surface area contributed by atoms with E-state index in [-0.39, 0.29) is 5.91 Å². The van der Waals surface area contributed by atoms with Crippen LogP contribution >= 0.6 is 0 Å². The van der Waals surface area contributed by atoms with Gasteiger partial charge >= 0.3 is 0 Å². The van der Waals surface area contributed by atoms with Crippen molar-refractivity contribution in [2.45, 2.75) is 32.7 Å². The summed E-state index contributed by atoms with van der Waals surface area (Å²) in [6.45, 7) is 12.4. The maximum atomic E-state index is 11.5. The molecule has 0 aromatic carbocycles. The highest BCUT2D eigenvalue weighted by atomic mass is 16.5. The molecule has 2 fully saturated rings.